The van der Waals surface area contributed by atoms with Crippen LogP contribution in [0, 0.1) is 5.82 Å². The van der Waals surface area contributed by atoms with Gasteiger partial charge in [-0.25, -0.2) is 4.39 Å². The maximum atomic E-state index is 13.7. The Balaban J connectivity index is 2.34. The van der Waals surface area contributed by atoms with Gasteiger partial charge in [0.05, 0.1) is 6.61 Å². The first-order valence-electron chi connectivity index (χ1n) is 7.00. The number of hydrogen-bond donors (Lipinski definition) is 2. The number of aliphatic hydroxyl groups excluding tert-OH is 1. The van der Waals surface area contributed by atoms with E-state index < -0.39 is 0 Å². The van der Waals surface area contributed by atoms with E-state index in [4.69, 9.17) is 9.84 Å². The van der Waals surface area contributed by atoms with Crippen molar-refractivity contribution in [2.75, 3.05) is 19.8 Å². The number of hydrogen-bond acceptors (Lipinski definition) is 3. The number of halogens is 1. The summed E-state index contributed by atoms with van der Waals surface area (Å²) in [4.78, 5) is 0. The topological polar surface area (TPSA) is 41.5 Å². The summed E-state index contributed by atoms with van der Waals surface area (Å²) in [7, 11) is 0. The SMILES string of the molecule is CCCNCc1ccc(OCCCCCO)c(F)c1. The molecular formula is C15H24FNO2. The van der Waals surface area contributed by atoms with Crippen molar-refractivity contribution >= 4 is 0 Å². The molecule has 0 aliphatic rings. The molecule has 108 valence electrons. The lowest BCUT2D eigenvalue weighted by atomic mass is 10.2. The summed E-state index contributed by atoms with van der Waals surface area (Å²) < 4.78 is 19.1. The summed E-state index contributed by atoms with van der Waals surface area (Å²) in [6.07, 6.45) is 3.57. The maximum Gasteiger partial charge on any atom is 0.165 e. The van der Waals surface area contributed by atoms with Gasteiger partial charge in [-0.15, -0.1) is 0 Å². The van der Waals surface area contributed by atoms with Crippen LogP contribution in [-0.2, 0) is 6.54 Å². The Morgan fingerprint density at radius 2 is 2.11 bits per heavy atom. The first kappa shape index (κ1) is 15.9. The van der Waals surface area contributed by atoms with Gasteiger partial charge in [0.2, 0.25) is 0 Å². The number of aliphatic hydroxyl groups is 1. The monoisotopic (exact) mass is 269 g/mol. The minimum atomic E-state index is -0.307. The molecule has 0 atom stereocenters. The van der Waals surface area contributed by atoms with E-state index in [1.54, 1.807) is 6.07 Å². The van der Waals surface area contributed by atoms with Crippen molar-refractivity contribution in [2.45, 2.75) is 39.2 Å². The summed E-state index contributed by atoms with van der Waals surface area (Å²) in [5.41, 5.74) is 0.929. The smallest absolute Gasteiger partial charge is 0.165 e. The third kappa shape index (κ3) is 6.55. The van der Waals surface area contributed by atoms with Gasteiger partial charge in [-0.05, 0) is 49.9 Å². The van der Waals surface area contributed by atoms with E-state index in [0.29, 0.717) is 18.9 Å². The predicted octanol–water partition coefficient (Wildman–Crippen LogP) is 2.87. The summed E-state index contributed by atoms with van der Waals surface area (Å²) >= 11 is 0. The van der Waals surface area contributed by atoms with Crippen LogP contribution < -0.4 is 10.1 Å². The predicted molar refractivity (Wildman–Crippen MR) is 74.8 cm³/mol. The molecule has 0 spiro atoms. The molecule has 0 fully saturated rings. The molecule has 0 bridgehead atoms. The average molecular weight is 269 g/mol. The Morgan fingerprint density at radius 1 is 1.26 bits per heavy atom. The van der Waals surface area contributed by atoms with Crippen molar-refractivity contribution in [3.05, 3.63) is 29.6 Å². The van der Waals surface area contributed by atoms with Crippen molar-refractivity contribution in [1.82, 2.24) is 5.32 Å². The zero-order valence-corrected chi connectivity index (χ0v) is 11.6. The van der Waals surface area contributed by atoms with Crippen molar-refractivity contribution in [1.29, 1.82) is 0 Å². The molecule has 4 heteroatoms. The van der Waals surface area contributed by atoms with Crippen LogP contribution in [0.25, 0.3) is 0 Å². The van der Waals surface area contributed by atoms with Gasteiger partial charge >= 0.3 is 0 Å². The Bertz CT molecular complexity index is 358. The summed E-state index contributed by atoms with van der Waals surface area (Å²) in [5, 5.41) is 11.9. The molecule has 3 nitrogen and oxygen atoms in total. The fraction of sp³-hybridized carbons (Fsp3) is 0.600. The van der Waals surface area contributed by atoms with Crippen molar-refractivity contribution in [2.24, 2.45) is 0 Å². The Hall–Kier alpha value is -1.13. The van der Waals surface area contributed by atoms with Crippen LogP contribution in [0.3, 0.4) is 0 Å². The molecule has 1 rings (SSSR count). The van der Waals surface area contributed by atoms with Gasteiger partial charge in [-0.2, -0.15) is 0 Å². The van der Waals surface area contributed by atoms with Crippen LogP contribution in [0.5, 0.6) is 5.75 Å². The van der Waals surface area contributed by atoms with E-state index in [1.807, 2.05) is 6.07 Å². The van der Waals surface area contributed by atoms with Gasteiger partial charge in [0.25, 0.3) is 0 Å². The zero-order chi connectivity index (χ0) is 13.9. The Morgan fingerprint density at radius 3 is 2.79 bits per heavy atom. The highest BCUT2D eigenvalue weighted by Crippen LogP contribution is 2.18. The fourth-order valence-corrected chi connectivity index (χ4v) is 1.75. The van der Waals surface area contributed by atoms with Crippen molar-refractivity contribution in [3.8, 4) is 5.75 Å². The largest absolute Gasteiger partial charge is 0.491 e. The summed E-state index contributed by atoms with van der Waals surface area (Å²) in [6.45, 7) is 4.41. The molecule has 0 aromatic heterocycles. The normalized spacial score (nSPS) is 10.7. The molecule has 0 saturated heterocycles. The van der Waals surface area contributed by atoms with Crippen LogP contribution in [0.1, 0.15) is 38.2 Å². The van der Waals surface area contributed by atoms with Gasteiger partial charge in [0.1, 0.15) is 0 Å². The molecule has 0 heterocycles. The fourth-order valence-electron chi connectivity index (χ4n) is 1.75. The number of rotatable bonds is 10. The van der Waals surface area contributed by atoms with Gasteiger partial charge < -0.3 is 15.2 Å². The maximum absolute atomic E-state index is 13.7. The highest BCUT2D eigenvalue weighted by Gasteiger charge is 2.04. The lowest BCUT2D eigenvalue weighted by Crippen LogP contribution is -2.13. The minimum Gasteiger partial charge on any atom is -0.491 e. The molecule has 1 aromatic carbocycles. The lowest BCUT2D eigenvalue weighted by molar-refractivity contribution is 0.261. The Kier molecular flexibility index (Phi) is 8.18. The number of unbranched alkanes of at least 4 members (excludes halogenated alkanes) is 2. The van der Waals surface area contributed by atoms with Crippen LogP contribution in [-0.4, -0.2) is 24.9 Å². The minimum absolute atomic E-state index is 0.202. The van der Waals surface area contributed by atoms with Crippen molar-refractivity contribution < 1.29 is 14.2 Å². The second kappa shape index (κ2) is 9.75. The highest BCUT2D eigenvalue weighted by atomic mass is 19.1. The molecule has 0 saturated carbocycles. The molecule has 0 radical (unpaired) electrons. The van der Waals surface area contributed by atoms with Gasteiger partial charge in [-0.3, -0.25) is 0 Å². The first-order chi connectivity index (χ1) is 9.27. The zero-order valence-electron chi connectivity index (χ0n) is 11.6. The van der Waals surface area contributed by atoms with Crippen LogP contribution in [0.15, 0.2) is 18.2 Å². The molecule has 0 aliphatic carbocycles. The van der Waals surface area contributed by atoms with Gasteiger partial charge in [0, 0.05) is 13.2 Å². The molecule has 1 aromatic rings. The standard InChI is InChI=1S/C15H24FNO2/c1-2-8-17-12-13-6-7-15(14(16)11-13)19-10-5-3-4-9-18/h6-7,11,17-18H,2-5,8-10,12H2,1H3. The lowest BCUT2D eigenvalue weighted by Gasteiger charge is -2.09. The van der Waals surface area contributed by atoms with E-state index in [9.17, 15) is 4.39 Å². The average Bonchev–Trinajstić information content (AvgIpc) is 2.41. The molecule has 19 heavy (non-hydrogen) atoms. The van der Waals surface area contributed by atoms with Crippen LogP contribution in [0.4, 0.5) is 4.39 Å². The number of ether oxygens (including phenoxy) is 1. The second-order valence-corrected chi connectivity index (χ2v) is 4.57. The summed E-state index contributed by atoms with van der Waals surface area (Å²) in [5.74, 6) is 0.00111. The Labute approximate surface area is 114 Å². The van der Waals surface area contributed by atoms with Gasteiger partial charge in [0.15, 0.2) is 11.6 Å². The molecule has 0 amide bonds. The molecule has 0 unspecified atom stereocenters. The number of nitrogens with one attached hydrogen (secondary N) is 1. The van der Waals surface area contributed by atoms with E-state index in [-0.39, 0.29) is 12.4 Å². The first-order valence-corrected chi connectivity index (χ1v) is 7.00. The van der Waals surface area contributed by atoms with Crippen LogP contribution in [0.2, 0.25) is 0 Å². The quantitative estimate of drug-likeness (QED) is 0.642. The second-order valence-electron chi connectivity index (χ2n) is 4.57. The van der Waals surface area contributed by atoms with Crippen LogP contribution >= 0.6 is 0 Å². The van der Waals surface area contributed by atoms with E-state index in [2.05, 4.69) is 12.2 Å². The van der Waals surface area contributed by atoms with Gasteiger partial charge in [-0.1, -0.05) is 13.0 Å². The van der Waals surface area contributed by atoms with E-state index >= 15 is 0 Å². The van der Waals surface area contributed by atoms with E-state index in [0.717, 1.165) is 37.8 Å². The molecular weight excluding hydrogens is 245 g/mol. The number of benzene rings is 1. The molecule has 2 N–H and O–H groups in total. The highest BCUT2D eigenvalue weighted by molar-refractivity contribution is 5.29. The third-order valence-electron chi connectivity index (χ3n) is 2.81. The van der Waals surface area contributed by atoms with E-state index in [1.165, 1.54) is 6.07 Å². The third-order valence-corrected chi connectivity index (χ3v) is 2.81. The molecule has 0 aliphatic heterocycles. The summed E-state index contributed by atoms with van der Waals surface area (Å²) in [6, 6.07) is 5.09. The van der Waals surface area contributed by atoms with Crippen molar-refractivity contribution in [3.63, 3.8) is 0 Å².